The lowest BCUT2D eigenvalue weighted by molar-refractivity contribution is 0.0426. The quantitative estimate of drug-likeness (QED) is 0.728. The van der Waals surface area contributed by atoms with Crippen LogP contribution in [0.25, 0.3) is 0 Å². The lowest BCUT2D eigenvalue weighted by Crippen LogP contribution is -2.44. The molecule has 3 nitrogen and oxygen atoms in total. The van der Waals surface area contributed by atoms with Crippen molar-refractivity contribution in [1.29, 1.82) is 0 Å². The molecule has 1 aliphatic heterocycles. The van der Waals surface area contributed by atoms with Gasteiger partial charge in [-0.3, -0.25) is 4.90 Å². The third-order valence-corrected chi connectivity index (χ3v) is 3.28. The van der Waals surface area contributed by atoms with Crippen LogP contribution in [-0.2, 0) is 0 Å². The van der Waals surface area contributed by atoms with Crippen molar-refractivity contribution in [1.82, 2.24) is 4.90 Å². The van der Waals surface area contributed by atoms with E-state index in [4.69, 9.17) is 0 Å². The maximum atomic E-state index is 9.66. The maximum absolute atomic E-state index is 9.66. The second-order valence-electron chi connectivity index (χ2n) is 4.79. The lowest BCUT2D eigenvalue weighted by Gasteiger charge is -2.37. The van der Waals surface area contributed by atoms with E-state index in [2.05, 4.69) is 4.90 Å². The topological polar surface area (TPSA) is 43.7 Å². The van der Waals surface area contributed by atoms with Gasteiger partial charge < -0.3 is 10.2 Å². The number of β-amino-alcohol motifs (C(OH)–C–C–N with tert-alkyl or cyclic N) is 1. The van der Waals surface area contributed by atoms with Gasteiger partial charge in [0.1, 0.15) is 0 Å². The molecule has 0 bridgehead atoms. The van der Waals surface area contributed by atoms with Gasteiger partial charge in [0.25, 0.3) is 0 Å². The highest BCUT2D eigenvalue weighted by Crippen LogP contribution is 2.21. The Bertz CT molecular complexity index is 173. The predicted octanol–water partition coefficient (Wildman–Crippen LogP) is 1.38. The summed E-state index contributed by atoms with van der Waals surface area (Å²) in [5.41, 5.74) is 0. The van der Waals surface area contributed by atoms with E-state index >= 15 is 0 Å². The molecule has 1 heterocycles. The zero-order valence-corrected chi connectivity index (χ0v) is 10.0. The van der Waals surface area contributed by atoms with Crippen molar-refractivity contribution in [3.63, 3.8) is 0 Å². The Morgan fingerprint density at radius 2 is 2.07 bits per heavy atom. The van der Waals surface area contributed by atoms with E-state index in [9.17, 15) is 10.2 Å². The van der Waals surface area contributed by atoms with Crippen LogP contribution in [0.5, 0.6) is 0 Å². The zero-order valence-electron chi connectivity index (χ0n) is 10.0. The molecular weight excluding hydrogens is 190 g/mol. The molecular formula is C12H25NO2. The normalized spacial score (nSPS) is 27.6. The number of likely N-dealkylation sites (tertiary alicyclic amines) is 1. The van der Waals surface area contributed by atoms with Gasteiger partial charge in [0.2, 0.25) is 0 Å². The molecule has 0 amide bonds. The van der Waals surface area contributed by atoms with Crippen LogP contribution in [0.2, 0.25) is 0 Å². The molecule has 90 valence electrons. The molecule has 0 radical (unpaired) electrons. The number of hydrogen-bond donors (Lipinski definition) is 2. The molecule has 3 heteroatoms. The summed E-state index contributed by atoms with van der Waals surface area (Å²) < 4.78 is 0. The predicted molar refractivity (Wildman–Crippen MR) is 61.8 cm³/mol. The number of nitrogens with zero attached hydrogens (tertiary/aromatic N) is 1. The molecule has 3 atom stereocenters. The van der Waals surface area contributed by atoms with Crippen molar-refractivity contribution < 1.29 is 10.2 Å². The summed E-state index contributed by atoms with van der Waals surface area (Å²) in [4.78, 5) is 2.35. The average Bonchev–Trinajstić information content (AvgIpc) is 2.20. The van der Waals surface area contributed by atoms with Gasteiger partial charge in [-0.1, -0.05) is 13.3 Å². The van der Waals surface area contributed by atoms with Crippen LogP contribution in [-0.4, -0.2) is 46.5 Å². The first-order valence-electron chi connectivity index (χ1n) is 6.23. The molecule has 0 aromatic heterocycles. The molecule has 0 aliphatic carbocycles. The summed E-state index contributed by atoms with van der Waals surface area (Å²) in [5.74, 6) is 0. The second kappa shape index (κ2) is 6.46. The van der Waals surface area contributed by atoms with Gasteiger partial charge in [0, 0.05) is 12.6 Å². The molecule has 0 aromatic carbocycles. The Balaban J connectivity index is 2.42. The van der Waals surface area contributed by atoms with Crippen LogP contribution >= 0.6 is 0 Å². The van der Waals surface area contributed by atoms with Crippen LogP contribution in [0.4, 0.5) is 0 Å². The first-order chi connectivity index (χ1) is 7.13. The molecule has 3 unspecified atom stereocenters. The molecule has 2 N–H and O–H groups in total. The SMILES string of the molecule is CCC(O)CN1CCCCC1CC(C)O. The summed E-state index contributed by atoms with van der Waals surface area (Å²) in [7, 11) is 0. The van der Waals surface area contributed by atoms with E-state index in [1.165, 1.54) is 19.3 Å². The fourth-order valence-corrected chi connectivity index (χ4v) is 2.36. The van der Waals surface area contributed by atoms with E-state index in [0.29, 0.717) is 6.04 Å². The van der Waals surface area contributed by atoms with Gasteiger partial charge in [-0.2, -0.15) is 0 Å². The number of aliphatic hydroxyl groups is 2. The van der Waals surface area contributed by atoms with Crippen molar-refractivity contribution in [2.75, 3.05) is 13.1 Å². The van der Waals surface area contributed by atoms with E-state index in [0.717, 1.165) is 25.9 Å². The standard InChI is InChI=1S/C12H25NO2/c1-3-12(15)9-13-7-5-4-6-11(13)8-10(2)14/h10-12,14-15H,3-9H2,1-2H3. The number of hydrogen-bond acceptors (Lipinski definition) is 3. The lowest BCUT2D eigenvalue weighted by atomic mass is 9.96. The van der Waals surface area contributed by atoms with E-state index in [1.807, 2.05) is 13.8 Å². The minimum Gasteiger partial charge on any atom is -0.393 e. The highest BCUT2D eigenvalue weighted by Gasteiger charge is 2.24. The average molecular weight is 215 g/mol. The van der Waals surface area contributed by atoms with Crippen molar-refractivity contribution >= 4 is 0 Å². The van der Waals surface area contributed by atoms with Gasteiger partial charge in [0.05, 0.1) is 12.2 Å². The van der Waals surface area contributed by atoms with E-state index in [-0.39, 0.29) is 12.2 Å². The smallest absolute Gasteiger partial charge is 0.0664 e. The molecule has 15 heavy (non-hydrogen) atoms. The van der Waals surface area contributed by atoms with Gasteiger partial charge in [-0.05, 0) is 39.2 Å². The van der Waals surface area contributed by atoms with Crippen LogP contribution in [0, 0.1) is 0 Å². The zero-order chi connectivity index (χ0) is 11.3. The van der Waals surface area contributed by atoms with Gasteiger partial charge in [0.15, 0.2) is 0 Å². The Labute approximate surface area is 93.1 Å². The maximum Gasteiger partial charge on any atom is 0.0664 e. The van der Waals surface area contributed by atoms with E-state index < -0.39 is 0 Å². The summed E-state index contributed by atoms with van der Waals surface area (Å²) >= 11 is 0. The first-order valence-corrected chi connectivity index (χ1v) is 6.23. The highest BCUT2D eigenvalue weighted by atomic mass is 16.3. The number of piperidine rings is 1. The molecule has 0 spiro atoms. The fraction of sp³-hybridized carbons (Fsp3) is 1.00. The first kappa shape index (κ1) is 12.9. The van der Waals surface area contributed by atoms with Gasteiger partial charge in [-0.15, -0.1) is 0 Å². The second-order valence-corrected chi connectivity index (χ2v) is 4.79. The monoisotopic (exact) mass is 215 g/mol. The van der Waals surface area contributed by atoms with Crippen molar-refractivity contribution in [3.8, 4) is 0 Å². The minimum atomic E-state index is -0.227. The highest BCUT2D eigenvalue weighted by molar-refractivity contribution is 4.79. The molecule has 1 saturated heterocycles. The third-order valence-electron chi connectivity index (χ3n) is 3.28. The summed E-state index contributed by atoms with van der Waals surface area (Å²) in [5, 5.41) is 19.1. The summed E-state index contributed by atoms with van der Waals surface area (Å²) in [6, 6.07) is 0.472. The Morgan fingerprint density at radius 3 is 2.67 bits per heavy atom. The van der Waals surface area contributed by atoms with Crippen LogP contribution < -0.4 is 0 Å². The molecule has 1 fully saturated rings. The minimum absolute atomic E-state index is 0.209. The van der Waals surface area contributed by atoms with Gasteiger partial charge >= 0.3 is 0 Å². The van der Waals surface area contributed by atoms with Crippen LogP contribution in [0.1, 0.15) is 46.0 Å². The Morgan fingerprint density at radius 1 is 1.33 bits per heavy atom. The van der Waals surface area contributed by atoms with Crippen LogP contribution in [0.15, 0.2) is 0 Å². The third kappa shape index (κ3) is 4.49. The summed E-state index contributed by atoms with van der Waals surface area (Å²) in [6.45, 7) is 5.71. The van der Waals surface area contributed by atoms with Crippen LogP contribution in [0.3, 0.4) is 0 Å². The van der Waals surface area contributed by atoms with Crippen molar-refractivity contribution in [3.05, 3.63) is 0 Å². The molecule has 1 aliphatic rings. The van der Waals surface area contributed by atoms with Gasteiger partial charge in [-0.25, -0.2) is 0 Å². The number of rotatable bonds is 5. The molecule has 0 aromatic rings. The molecule has 0 saturated carbocycles. The summed E-state index contributed by atoms with van der Waals surface area (Å²) in [6.07, 6.45) is 4.88. The number of aliphatic hydroxyl groups excluding tert-OH is 2. The van der Waals surface area contributed by atoms with E-state index in [1.54, 1.807) is 0 Å². The molecule has 1 rings (SSSR count). The van der Waals surface area contributed by atoms with Crippen molar-refractivity contribution in [2.24, 2.45) is 0 Å². The Kier molecular flexibility index (Phi) is 5.58. The fourth-order valence-electron chi connectivity index (χ4n) is 2.36. The Hall–Kier alpha value is -0.120. The van der Waals surface area contributed by atoms with Crippen molar-refractivity contribution in [2.45, 2.75) is 64.2 Å². The largest absolute Gasteiger partial charge is 0.393 e.